The molecule has 2 N–H and O–H groups in total. The number of oxime groups is 1. The van der Waals surface area contributed by atoms with Gasteiger partial charge in [-0.15, -0.1) is 0 Å². The summed E-state index contributed by atoms with van der Waals surface area (Å²) in [5.74, 6) is 0.712. The Morgan fingerprint density at radius 1 is 1.21 bits per heavy atom. The van der Waals surface area contributed by atoms with E-state index in [-0.39, 0.29) is 12.5 Å². The SMILES string of the molecule is COc1cc(/C=N/O)ccc1OCC(=O)NCCc1ccccc1. The topological polar surface area (TPSA) is 80.2 Å². The number of nitrogens with one attached hydrogen (secondary N) is 1. The molecule has 6 nitrogen and oxygen atoms in total. The maximum atomic E-state index is 11.8. The molecule has 2 rings (SSSR count). The molecule has 126 valence electrons. The number of ether oxygens (including phenoxy) is 2. The summed E-state index contributed by atoms with van der Waals surface area (Å²) in [5.41, 5.74) is 1.83. The van der Waals surface area contributed by atoms with E-state index in [1.165, 1.54) is 18.9 Å². The number of amides is 1. The van der Waals surface area contributed by atoms with Crippen LogP contribution in [-0.4, -0.2) is 37.6 Å². The van der Waals surface area contributed by atoms with E-state index in [1.54, 1.807) is 18.2 Å². The molecule has 0 fully saturated rings. The second-order valence-electron chi connectivity index (χ2n) is 5.03. The summed E-state index contributed by atoms with van der Waals surface area (Å²) in [7, 11) is 1.50. The van der Waals surface area contributed by atoms with Crippen LogP contribution in [0.1, 0.15) is 11.1 Å². The van der Waals surface area contributed by atoms with Gasteiger partial charge in [-0.3, -0.25) is 4.79 Å². The highest BCUT2D eigenvalue weighted by molar-refractivity contribution is 5.80. The van der Waals surface area contributed by atoms with Crippen LogP contribution in [0.15, 0.2) is 53.7 Å². The van der Waals surface area contributed by atoms with E-state index in [0.717, 1.165) is 6.42 Å². The van der Waals surface area contributed by atoms with Gasteiger partial charge in [0.1, 0.15) is 0 Å². The Kier molecular flexibility index (Phi) is 6.64. The quantitative estimate of drug-likeness (QED) is 0.442. The zero-order chi connectivity index (χ0) is 17.2. The molecule has 0 bridgehead atoms. The first-order valence-electron chi connectivity index (χ1n) is 7.52. The predicted molar refractivity (Wildman–Crippen MR) is 91.0 cm³/mol. The van der Waals surface area contributed by atoms with E-state index >= 15 is 0 Å². The number of carbonyl (C=O) groups is 1. The molecule has 24 heavy (non-hydrogen) atoms. The van der Waals surface area contributed by atoms with Crippen LogP contribution in [0.3, 0.4) is 0 Å². The molecule has 0 atom stereocenters. The molecular formula is C18H20N2O4. The first-order chi connectivity index (χ1) is 11.7. The summed E-state index contributed by atoms with van der Waals surface area (Å²) < 4.78 is 10.7. The first kappa shape index (κ1) is 17.3. The number of rotatable bonds is 8. The first-order valence-corrected chi connectivity index (χ1v) is 7.52. The number of hydrogen-bond acceptors (Lipinski definition) is 5. The van der Waals surface area contributed by atoms with Crippen molar-refractivity contribution < 1.29 is 19.5 Å². The Bertz CT molecular complexity index is 687. The van der Waals surface area contributed by atoms with Gasteiger partial charge in [0.25, 0.3) is 5.91 Å². The fourth-order valence-electron chi connectivity index (χ4n) is 2.14. The summed E-state index contributed by atoms with van der Waals surface area (Å²) in [5, 5.41) is 14.3. The highest BCUT2D eigenvalue weighted by Crippen LogP contribution is 2.27. The van der Waals surface area contributed by atoms with Crippen molar-refractivity contribution in [3.8, 4) is 11.5 Å². The zero-order valence-electron chi connectivity index (χ0n) is 13.4. The number of methoxy groups -OCH3 is 1. The van der Waals surface area contributed by atoms with Crippen LogP contribution in [0.5, 0.6) is 11.5 Å². The van der Waals surface area contributed by atoms with Crippen LogP contribution >= 0.6 is 0 Å². The van der Waals surface area contributed by atoms with E-state index in [9.17, 15) is 4.79 Å². The third-order valence-corrected chi connectivity index (χ3v) is 3.33. The molecule has 0 saturated heterocycles. The Morgan fingerprint density at radius 3 is 2.71 bits per heavy atom. The number of benzene rings is 2. The average molecular weight is 328 g/mol. The van der Waals surface area contributed by atoms with Crippen LogP contribution in [0, 0.1) is 0 Å². The lowest BCUT2D eigenvalue weighted by molar-refractivity contribution is -0.123. The molecule has 2 aromatic rings. The molecule has 0 spiro atoms. The second-order valence-corrected chi connectivity index (χ2v) is 5.03. The lowest BCUT2D eigenvalue weighted by atomic mass is 10.1. The van der Waals surface area contributed by atoms with Gasteiger partial charge < -0.3 is 20.0 Å². The van der Waals surface area contributed by atoms with Crippen LogP contribution in [0.2, 0.25) is 0 Å². The summed E-state index contributed by atoms with van der Waals surface area (Å²) >= 11 is 0. The van der Waals surface area contributed by atoms with E-state index in [2.05, 4.69) is 10.5 Å². The largest absolute Gasteiger partial charge is 0.493 e. The Labute approximate surface area is 140 Å². The van der Waals surface area contributed by atoms with Crippen molar-refractivity contribution in [1.82, 2.24) is 5.32 Å². The van der Waals surface area contributed by atoms with Gasteiger partial charge in [0.05, 0.1) is 13.3 Å². The van der Waals surface area contributed by atoms with Gasteiger partial charge in [0, 0.05) is 12.1 Å². The van der Waals surface area contributed by atoms with Crippen LogP contribution in [0.4, 0.5) is 0 Å². The zero-order valence-corrected chi connectivity index (χ0v) is 13.4. The normalized spacial score (nSPS) is 10.5. The van der Waals surface area contributed by atoms with E-state index < -0.39 is 0 Å². The highest BCUT2D eigenvalue weighted by atomic mass is 16.5. The number of carbonyl (C=O) groups excluding carboxylic acids is 1. The highest BCUT2D eigenvalue weighted by Gasteiger charge is 2.08. The molecule has 0 heterocycles. The molecule has 6 heteroatoms. The third kappa shape index (κ3) is 5.31. The second kappa shape index (κ2) is 9.19. The Balaban J connectivity index is 1.81. The molecule has 0 aromatic heterocycles. The predicted octanol–water partition coefficient (Wildman–Crippen LogP) is 2.24. The van der Waals surface area contributed by atoms with Gasteiger partial charge in [-0.1, -0.05) is 35.5 Å². The molecule has 0 aliphatic carbocycles. The molecule has 0 unspecified atom stereocenters. The fourth-order valence-corrected chi connectivity index (χ4v) is 2.14. The molecule has 0 aliphatic rings. The van der Waals surface area contributed by atoms with Crippen molar-refractivity contribution in [1.29, 1.82) is 0 Å². The summed E-state index contributed by atoms with van der Waals surface area (Å²) in [6, 6.07) is 15.0. The van der Waals surface area contributed by atoms with Crippen molar-refractivity contribution in [2.75, 3.05) is 20.3 Å². The molecule has 0 saturated carbocycles. The lowest BCUT2D eigenvalue weighted by Crippen LogP contribution is -2.30. The van der Waals surface area contributed by atoms with Crippen molar-refractivity contribution in [3.63, 3.8) is 0 Å². The van der Waals surface area contributed by atoms with Crippen molar-refractivity contribution in [2.24, 2.45) is 5.16 Å². The Hall–Kier alpha value is -3.02. The number of hydrogen-bond donors (Lipinski definition) is 2. The van der Waals surface area contributed by atoms with Crippen molar-refractivity contribution >= 4 is 12.1 Å². The van der Waals surface area contributed by atoms with Gasteiger partial charge in [-0.05, 0) is 30.2 Å². The number of nitrogens with zero attached hydrogens (tertiary/aromatic N) is 1. The van der Waals surface area contributed by atoms with E-state index in [0.29, 0.717) is 23.6 Å². The van der Waals surface area contributed by atoms with E-state index in [1.807, 2.05) is 30.3 Å². The van der Waals surface area contributed by atoms with Crippen LogP contribution in [0.25, 0.3) is 0 Å². The van der Waals surface area contributed by atoms with Gasteiger partial charge in [-0.25, -0.2) is 0 Å². The molecule has 0 aliphatic heterocycles. The van der Waals surface area contributed by atoms with Crippen molar-refractivity contribution in [2.45, 2.75) is 6.42 Å². The maximum absolute atomic E-state index is 11.8. The fraction of sp³-hybridized carbons (Fsp3) is 0.222. The Morgan fingerprint density at radius 2 is 2.00 bits per heavy atom. The van der Waals surface area contributed by atoms with E-state index in [4.69, 9.17) is 14.7 Å². The third-order valence-electron chi connectivity index (χ3n) is 3.33. The lowest BCUT2D eigenvalue weighted by Gasteiger charge is -2.11. The molecular weight excluding hydrogens is 308 g/mol. The van der Waals surface area contributed by atoms with Crippen LogP contribution < -0.4 is 14.8 Å². The maximum Gasteiger partial charge on any atom is 0.257 e. The monoisotopic (exact) mass is 328 g/mol. The van der Waals surface area contributed by atoms with Gasteiger partial charge in [0.15, 0.2) is 18.1 Å². The minimum atomic E-state index is -0.200. The minimum Gasteiger partial charge on any atom is -0.493 e. The van der Waals surface area contributed by atoms with Gasteiger partial charge >= 0.3 is 0 Å². The summed E-state index contributed by atoms with van der Waals surface area (Å²) in [6.07, 6.45) is 2.05. The molecule has 1 amide bonds. The van der Waals surface area contributed by atoms with Gasteiger partial charge in [-0.2, -0.15) is 0 Å². The summed E-state index contributed by atoms with van der Waals surface area (Å²) in [4.78, 5) is 11.8. The standard InChI is InChI=1S/C18H20N2O4/c1-23-17-11-15(12-20-22)7-8-16(17)24-13-18(21)19-10-9-14-5-3-2-4-6-14/h2-8,11-12,22H,9-10,13H2,1H3,(H,19,21)/b20-12+. The average Bonchev–Trinajstić information content (AvgIpc) is 2.61. The summed E-state index contributed by atoms with van der Waals surface area (Å²) in [6.45, 7) is 0.452. The molecule has 0 radical (unpaired) electrons. The van der Waals surface area contributed by atoms with Crippen LogP contribution in [-0.2, 0) is 11.2 Å². The minimum absolute atomic E-state index is 0.0986. The molecule has 2 aromatic carbocycles. The smallest absolute Gasteiger partial charge is 0.257 e. The van der Waals surface area contributed by atoms with Crippen molar-refractivity contribution in [3.05, 3.63) is 59.7 Å². The van der Waals surface area contributed by atoms with Gasteiger partial charge in [0.2, 0.25) is 0 Å².